The molecule has 1 aromatic carbocycles. The van der Waals surface area contributed by atoms with Crippen molar-refractivity contribution in [3.05, 3.63) is 83.6 Å². The van der Waals surface area contributed by atoms with Gasteiger partial charge in [0, 0.05) is 24.0 Å². The molecule has 2 N–H and O–H groups in total. The maximum Gasteiger partial charge on any atom is 0.165 e. The Hall–Kier alpha value is -3.48. The highest BCUT2D eigenvalue weighted by Crippen LogP contribution is 2.31. The van der Waals surface area contributed by atoms with E-state index in [4.69, 9.17) is 38.9 Å². The van der Waals surface area contributed by atoms with E-state index in [1.54, 1.807) is 18.5 Å². The smallest absolute Gasteiger partial charge is 0.165 e. The van der Waals surface area contributed by atoms with Crippen molar-refractivity contribution in [2.75, 3.05) is 5.73 Å². The van der Waals surface area contributed by atoms with Gasteiger partial charge in [0.15, 0.2) is 11.5 Å². The third-order valence-corrected chi connectivity index (χ3v) is 5.45. The number of imidazole rings is 1. The molecule has 0 aliphatic heterocycles. The van der Waals surface area contributed by atoms with Crippen LogP contribution in [0, 0.1) is 0 Å². The summed E-state index contributed by atoms with van der Waals surface area (Å²) in [6.07, 6.45) is 3.26. The number of rotatable bonds is 4. The summed E-state index contributed by atoms with van der Waals surface area (Å²) in [6, 6.07) is 19.1. The number of fused-ring (bicyclic) bond motifs is 1. The molecule has 0 unspecified atom stereocenters. The minimum Gasteiger partial charge on any atom is -0.383 e. The maximum atomic E-state index is 6.18. The van der Waals surface area contributed by atoms with Crippen LogP contribution in [0.15, 0.2) is 73.1 Å². The van der Waals surface area contributed by atoms with Crippen LogP contribution in [-0.2, 0) is 5.88 Å². The molecular weight excluding hydrogens is 431 g/mol. The highest BCUT2D eigenvalue weighted by molar-refractivity contribution is 6.30. The number of alkyl halides is 1. The number of pyridine rings is 3. The van der Waals surface area contributed by atoms with E-state index in [1.807, 2.05) is 59.2 Å². The number of benzene rings is 1. The average molecular weight is 447 g/mol. The molecule has 0 bridgehead atoms. The molecule has 6 nitrogen and oxygen atoms in total. The van der Waals surface area contributed by atoms with Crippen LogP contribution in [0.4, 0.5) is 5.82 Å². The van der Waals surface area contributed by atoms with Gasteiger partial charge in [-0.3, -0.25) is 9.55 Å². The van der Waals surface area contributed by atoms with E-state index in [0.29, 0.717) is 33.9 Å². The van der Waals surface area contributed by atoms with Crippen LogP contribution in [-0.4, -0.2) is 24.5 Å². The molecule has 8 heteroatoms. The van der Waals surface area contributed by atoms with Gasteiger partial charge in [-0.1, -0.05) is 23.7 Å². The van der Waals surface area contributed by atoms with E-state index >= 15 is 0 Å². The Morgan fingerprint density at radius 3 is 2.39 bits per heavy atom. The highest BCUT2D eigenvalue weighted by atomic mass is 35.5. The van der Waals surface area contributed by atoms with Crippen LogP contribution in [0.25, 0.3) is 39.6 Å². The van der Waals surface area contributed by atoms with Crippen LogP contribution in [0.2, 0.25) is 5.02 Å². The van der Waals surface area contributed by atoms with Gasteiger partial charge in [-0.15, -0.1) is 11.6 Å². The van der Waals surface area contributed by atoms with E-state index in [2.05, 4.69) is 9.97 Å². The summed E-state index contributed by atoms with van der Waals surface area (Å²) >= 11 is 12.0. The van der Waals surface area contributed by atoms with Crippen LogP contribution < -0.4 is 5.73 Å². The summed E-state index contributed by atoms with van der Waals surface area (Å²) in [5.74, 6) is 1.50. The van der Waals surface area contributed by atoms with E-state index in [1.165, 1.54) is 0 Å². The van der Waals surface area contributed by atoms with Gasteiger partial charge >= 0.3 is 0 Å². The number of anilines is 1. The third kappa shape index (κ3) is 3.60. The largest absolute Gasteiger partial charge is 0.383 e. The van der Waals surface area contributed by atoms with Gasteiger partial charge in [0.2, 0.25) is 0 Å². The number of hydrogen-bond donors (Lipinski definition) is 1. The first-order valence-electron chi connectivity index (χ1n) is 9.51. The summed E-state index contributed by atoms with van der Waals surface area (Å²) in [4.78, 5) is 18.3. The molecule has 0 spiro atoms. The molecule has 5 rings (SSSR count). The number of nitrogen functional groups attached to an aromatic ring is 1. The van der Waals surface area contributed by atoms with Crippen LogP contribution >= 0.6 is 23.2 Å². The number of aromatic nitrogens is 5. The molecular formula is C23H16Cl2N6. The molecule has 0 atom stereocenters. The van der Waals surface area contributed by atoms with Crippen molar-refractivity contribution in [1.82, 2.24) is 24.5 Å². The topological polar surface area (TPSA) is 82.5 Å². The van der Waals surface area contributed by atoms with E-state index < -0.39 is 0 Å². The van der Waals surface area contributed by atoms with E-state index in [9.17, 15) is 0 Å². The van der Waals surface area contributed by atoms with Crippen molar-refractivity contribution < 1.29 is 0 Å². The quantitative estimate of drug-likeness (QED) is 0.367. The molecule has 152 valence electrons. The monoisotopic (exact) mass is 446 g/mol. The first kappa shape index (κ1) is 19.5. The lowest BCUT2D eigenvalue weighted by atomic mass is 10.2. The fourth-order valence-electron chi connectivity index (χ4n) is 3.39. The van der Waals surface area contributed by atoms with E-state index in [-0.39, 0.29) is 0 Å². The summed E-state index contributed by atoms with van der Waals surface area (Å²) < 4.78 is 1.97. The SMILES string of the molecule is Nc1ncccc1-c1nc2ccc(-c3ccc(Cl)cn3)nc2n1-c1ccc(CCl)cc1. The molecule has 5 aromatic rings. The van der Waals surface area contributed by atoms with E-state index in [0.717, 1.165) is 28.0 Å². The fraction of sp³-hybridized carbons (Fsp3) is 0.0435. The number of halogens is 2. The minimum absolute atomic E-state index is 0.399. The van der Waals surface area contributed by atoms with Gasteiger partial charge in [0.05, 0.1) is 22.0 Å². The number of hydrogen-bond acceptors (Lipinski definition) is 5. The van der Waals surface area contributed by atoms with Crippen molar-refractivity contribution >= 4 is 40.2 Å². The highest BCUT2D eigenvalue weighted by Gasteiger charge is 2.18. The Bertz CT molecular complexity index is 1380. The van der Waals surface area contributed by atoms with Crippen molar-refractivity contribution in [2.45, 2.75) is 5.88 Å². The molecule has 4 aromatic heterocycles. The van der Waals surface area contributed by atoms with Crippen LogP contribution in [0.3, 0.4) is 0 Å². The second kappa shape index (κ2) is 7.98. The first-order chi connectivity index (χ1) is 15.1. The number of nitrogens with zero attached hydrogens (tertiary/aromatic N) is 5. The Morgan fingerprint density at radius 1 is 0.871 bits per heavy atom. The Kier molecular flexibility index (Phi) is 5.02. The molecule has 0 amide bonds. The second-order valence-corrected chi connectivity index (χ2v) is 7.61. The van der Waals surface area contributed by atoms with Gasteiger partial charge in [-0.05, 0) is 54.1 Å². The minimum atomic E-state index is 0.399. The molecule has 0 aliphatic rings. The lowest BCUT2D eigenvalue weighted by Crippen LogP contribution is -2.02. The fourth-order valence-corrected chi connectivity index (χ4v) is 3.68. The Morgan fingerprint density at radius 2 is 1.68 bits per heavy atom. The van der Waals surface area contributed by atoms with Crippen molar-refractivity contribution in [2.24, 2.45) is 0 Å². The zero-order valence-corrected chi connectivity index (χ0v) is 17.7. The molecule has 0 aliphatic carbocycles. The molecule has 0 saturated carbocycles. The van der Waals surface area contributed by atoms with Crippen LogP contribution in [0.1, 0.15) is 5.56 Å². The van der Waals surface area contributed by atoms with Gasteiger partial charge in [0.25, 0.3) is 0 Å². The van der Waals surface area contributed by atoms with Gasteiger partial charge in [-0.2, -0.15) is 0 Å². The Labute approximate surface area is 188 Å². The standard InChI is InChI=1S/C23H16Cl2N6/c24-12-14-3-6-16(7-4-14)31-22(17-2-1-11-27-21(17)26)30-20-10-9-19(29-23(20)31)18-8-5-15(25)13-28-18/h1-11,13H,12H2,(H2,26,27). The first-order valence-corrected chi connectivity index (χ1v) is 10.4. The van der Waals surface area contributed by atoms with Crippen molar-refractivity contribution in [3.8, 4) is 28.5 Å². The van der Waals surface area contributed by atoms with Gasteiger partial charge < -0.3 is 5.73 Å². The third-order valence-electron chi connectivity index (χ3n) is 4.92. The Balaban J connectivity index is 1.77. The summed E-state index contributed by atoms with van der Waals surface area (Å²) in [7, 11) is 0. The predicted octanol–water partition coefficient (Wildman–Crippen LogP) is 5.52. The molecule has 4 heterocycles. The summed E-state index contributed by atoms with van der Waals surface area (Å²) in [5.41, 5.74) is 11.7. The molecule has 0 radical (unpaired) electrons. The lowest BCUT2D eigenvalue weighted by Gasteiger charge is -2.11. The number of nitrogens with two attached hydrogens (primary N) is 1. The zero-order valence-electron chi connectivity index (χ0n) is 16.2. The maximum absolute atomic E-state index is 6.18. The van der Waals surface area contributed by atoms with Crippen LogP contribution in [0.5, 0.6) is 0 Å². The predicted molar refractivity (Wildman–Crippen MR) is 124 cm³/mol. The van der Waals surface area contributed by atoms with Gasteiger partial charge in [0.1, 0.15) is 11.3 Å². The normalized spacial score (nSPS) is 11.2. The van der Waals surface area contributed by atoms with Gasteiger partial charge in [-0.25, -0.2) is 15.0 Å². The lowest BCUT2D eigenvalue weighted by molar-refractivity contribution is 1.07. The second-order valence-electron chi connectivity index (χ2n) is 6.91. The summed E-state index contributed by atoms with van der Waals surface area (Å²) in [5, 5.41) is 0.573. The summed E-state index contributed by atoms with van der Waals surface area (Å²) in [6.45, 7) is 0. The van der Waals surface area contributed by atoms with Crippen molar-refractivity contribution in [1.29, 1.82) is 0 Å². The molecule has 0 saturated heterocycles. The molecule has 0 fully saturated rings. The molecule has 31 heavy (non-hydrogen) atoms. The zero-order chi connectivity index (χ0) is 21.4. The average Bonchev–Trinajstić information content (AvgIpc) is 3.18. The van der Waals surface area contributed by atoms with Crippen molar-refractivity contribution in [3.63, 3.8) is 0 Å².